The number of hydrogen-bond donors (Lipinski definition) is 0. The van der Waals surface area contributed by atoms with Crippen LogP contribution in [0.15, 0.2) is 29.2 Å². The first kappa shape index (κ1) is 15.8. The van der Waals surface area contributed by atoms with Gasteiger partial charge in [-0.15, -0.1) is 0 Å². The average Bonchev–Trinajstić information content (AvgIpc) is 2.37. The van der Waals surface area contributed by atoms with E-state index in [1.54, 1.807) is 0 Å². The number of hydrogen-bond acceptors (Lipinski definition) is 4. The van der Waals surface area contributed by atoms with Crippen LogP contribution >= 0.6 is 18.2 Å². The topological polar surface area (TPSA) is 35.5 Å². The highest BCUT2D eigenvalue weighted by atomic mass is 32.7. The summed E-state index contributed by atoms with van der Waals surface area (Å²) in [5.41, 5.74) is 1.18. The Kier molecular flexibility index (Phi) is 7.02. The number of aryl methyl sites for hydroxylation is 1. The van der Waals surface area contributed by atoms with Crippen LogP contribution in [0.5, 0.6) is 0 Å². The molecule has 1 rings (SSSR count). The third-order valence-electron chi connectivity index (χ3n) is 2.15. The molecular formula is C13H21O3PS. The first-order valence-electron chi connectivity index (χ1n) is 6.25. The fraction of sp³-hybridized carbons (Fsp3) is 0.538. The van der Waals surface area contributed by atoms with E-state index < -0.39 is 6.80 Å². The van der Waals surface area contributed by atoms with E-state index in [0.29, 0.717) is 13.2 Å². The third kappa shape index (κ3) is 5.57. The zero-order valence-corrected chi connectivity index (χ0v) is 12.9. The van der Waals surface area contributed by atoms with Gasteiger partial charge in [0.05, 0.1) is 13.2 Å². The standard InChI is InChI=1S/C13H21O3PS/c1-4-10-15-17(14,16-11-5-2)18-13-8-6-12(3)7-9-13/h6-9H,4-5,10-11H2,1-3H3. The summed E-state index contributed by atoms with van der Waals surface area (Å²) in [6.07, 6.45) is 1.65. The summed E-state index contributed by atoms with van der Waals surface area (Å²) in [5, 5.41) is 0. The first-order valence-corrected chi connectivity index (χ1v) is 9.21. The van der Waals surface area contributed by atoms with Crippen molar-refractivity contribution in [3.63, 3.8) is 0 Å². The van der Waals surface area contributed by atoms with E-state index >= 15 is 0 Å². The van der Waals surface area contributed by atoms with Crippen LogP contribution in [0.4, 0.5) is 0 Å². The lowest BCUT2D eigenvalue weighted by Crippen LogP contribution is -1.95. The quantitative estimate of drug-likeness (QED) is 0.627. The lowest BCUT2D eigenvalue weighted by atomic mass is 10.2. The molecule has 0 fully saturated rings. The van der Waals surface area contributed by atoms with Gasteiger partial charge in [0.15, 0.2) is 0 Å². The predicted molar refractivity (Wildman–Crippen MR) is 77.1 cm³/mol. The SMILES string of the molecule is CCCOP(=O)(OCCC)Sc1ccc(C)cc1. The highest BCUT2D eigenvalue weighted by molar-refractivity contribution is 8.55. The molecule has 0 atom stereocenters. The van der Waals surface area contributed by atoms with Crippen LogP contribution in [0.1, 0.15) is 32.3 Å². The summed E-state index contributed by atoms with van der Waals surface area (Å²) in [7, 11) is 0. The van der Waals surface area contributed by atoms with Gasteiger partial charge in [0, 0.05) is 4.90 Å². The molecule has 0 aliphatic heterocycles. The van der Waals surface area contributed by atoms with E-state index in [4.69, 9.17) is 9.05 Å². The molecule has 0 aliphatic rings. The smallest absolute Gasteiger partial charge is 0.301 e. The van der Waals surface area contributed by atoms with Crippen LogP contribution in [-0.4, -0.2) is 13.2 Å². The van der Waals surface area contributed by atoms with Crippen LogP contribution in [0.3, 0.4) is 0 Å². The minimum absolute atomic E-state index is 0.458. The van der Waals surface area contributed by atoms with Crippen molar-refractivity contribution in [3.05, 3.63) is 29.8 Å². The Morgan fingerprint density at radius 3 is 2.00 bits per heavy atom. The molecule has 0 spiro atoms. The van der Waals surface area contributed by atoms with Gasteiger partial charge in [0.2, 0.25) is 0 Å². The fourth-order valence-corrected chi connectivity index (χ4v) is 4.64. The minimum Gasteiger partial charge on any atom is -0.301 e. The van der Waals surface area contributed by atoms with Crippen LogP contribution in [0, 0.1) is 6.92 Å². The summed E-state index contributed by atoms with van der Waals surface area (Å²) in [5.74, 6) is 0. The number of rotatable bonds is 8. The van der Waals surface area contributed by atoms with E-state index in [1.807, 2.05) is 45.0 Å². The molecule has 0 aromatic heterocycles. The molecule has 5 heteroatoms. The summed E-state index contributed by atoms with van der Waals surface area (Å²) in [4.78, 5) is 0.913. The van der Waals surface area contributed by atoms with Crippen molar-refractivity contribution in [2.75, 3.05) is 13.2 Å². The molecule has 0 N–H and O–H groups in total. The predicted octanol–water partition coefficient (Wildman–Crippen LogP) is 5.05. The monoisotopic (exact) mass is 288 g/mol. The fourth-order valence-electron chi connectivity index (χ4n) is 1.22. The normalized spacial score (nSPS) is 11.7. The lowest BCUT2D eigenvalue weighted by molar-refractivity contribution is 0.220. The van der Waals surface area contributed by atoms with Crippen LogP contribution in [0.2, 0.25) is 0 Å². The van der Waals surface area contributed by atoms with Crippen molar-refractivity contribution < 1.29 is 13.6 Å². The molecule has 0 saturated carbocycles. The summed E-state index contributed by atoms with van der Waals surface area (Å²) in [6, 6.07) is 7.87. The second kappa shape index (κ2) is 8.00. The van der Waals surface area contributed by atoms with Crippen LogP contribution in [-0.2, 0) is 13.6 Å². The van der Waals surface area contributed by atoms with E-state index in [1.165, 1.54) is 16.9 Å². The highest BCUT2D eigenvalue weighted by Crippen LogP contribution is 2.63. The third-order valence-corrected chi connectivity index (χ3v) is 5.79. The minimum atomic E-state index is -3.07. The van der Waals surface area contributed by atoms with E-state index in [0.717, 1.165) is 17.7 Å². The molecule has 0 unspecified atom stereocenters. The van der Waals surface area contributed by atoms with Gasteiger partial charge in [-0.25, -0.2) is 4.57 Å². The molecule has 0 saturated heterocycles. The zero-order valence-electron chi connectivity index (χ0n) is 11.2. The Morgan fingerprint density at radius 1 is 1.06 bits per heavy atom. The second-order valence-corrected chi connectivity index (χ2v) is 7.97. The molecule has 0 amide bonds. The molecule has 0 bridgehead atoms. The summed E-state index contributed by atoms with van der Waals surface area (Å²) < 4.78 is 23.3. The second-order valence-electron chi connectivity index (χ2n) is 4.02. The first-order chi connectivity index (χ1) is 8.59. The Bertz CT molecular complexity index is 380. The van der Waals surface area contributed by atoms with Crippen molar-refractivity contribution in [2.24, 2.45) is 0 Å². The molecule has 0 radical (unpaired) electrons. The van der Waals surface area contributed by atoms with Crippen molar-refractivity contribution in [1.29, 1.82) is 0 Å². The van der Waals surface area contributed by atoms with E-state index in [-0.39, 0.29) is 0 Å². The zero-order chi connectivity index (χ0) is 13.4. The van der Waals surface area contributed by atoms with Gasteiger partial charge < -0.3 is 9.05 Å². The summed E-state index contributed by atoms with van der Waals surface area (Å²) in [6.45, 7) is 3.84. The van der Waals surface area contributed by atoms with Gasteiger partial charge in [-0.05, 0) is 43.3 Å². The van der Waals surface area contributed by atoms with Crippen molar-refractivity contribution in [2.45, 2.75) is 38.5 Å². The molecule has 1 aromatic carbocycles. The maximum absolute atomic E-state index is 12.5. The van der Waals surface area contributed by atoms with Gasteiger partial charge in [0.1, 0.15) is 0 Å². The highest BCUT2D eigenvalue weighted by Gasteiger charge is 2.26. The maximum atomic E-state index is 12.5. The van der Waals surface area contributed by atoms with E-state index in [9.17, 15) is 4.57 Å². The average molecular weight is 288 g/mol. The molecule has 0 heterocycles. The Hall–Kier alpha value is -0.280. The van der Waals surface area contributed by atoms with Gasteiger partial charge in [0.25, 0.3) is 0 Å². The molecule has 1 aromatic rings. The maximum Gasteiger partial charge on any atom is 0.393 e. The number of benzene rings is 1. The molecular weight excluding hydrogens is 267 g/mol. The van der Waals surface area contributed by atoms with Crippen LogP contribution in [0.25, 0.3) is 0 Å². The largest absolute Gasteiger partial charge is 0.393 e. The van der Waals surface area contributed by atoms with Gasteiger partial charge in [-0.2, -0.15) is 0 Å². The Labute approximate surface area is 114 Å². The van der Waals surface area contributed by atoms with Gasteiger partial charge >= 0.3 is 6.80 Å². The molecule has 102 valence electrons. The van der Waals surface area contributed by atoms with Crippen molar-refractivity contribution >= 4 is 18.2 Å². The molecule has 3 nitrogen and oxygen atoms in total. The van der Waals surface area contributed by atoms with E-state index in [2.05, 4.69) is 0 Å². The Balaban J connectivity index is 2.70. The van der Waals surface area contributed by atoms with Gasteiger partial charge in [-0.1, -0.05) is 31.5 Å². The van der Waals surface area contributed by atoms with Gasteiger partial charge in [-0.3, -0.25) is 0 Å². The molecule has 18 heavy (non-hydrogen) atoms. The molecule has 0 aliphatic carbocycles. The Morgan fingerprint density at radius 2 is 1.56 bits per heavy atom. The summed E-state index contributed by atoms with van der Waals surface area (Å²) >= 11 is 1.19. The van der Waals surface area contributed by atoms with Crippen LogP contribution < -0.4 is 0 Å². The lowest BCUT2D eigenvalue weighted by Gasteiger charge is -2.17. The van der Waals surface area contributed by atoms with Crippen molar-refractivity contribution in [3.8, 4) is 0 Å². The van der Waals surface area contributed by atoms with Crippen molar-refractivity contribution in [1.82, 2.24) is 0 Å².